The molecule has 4 heteroatoms. The molecule has 0 aromatic rings. The number of hydrogen-bond donors (Lipinski definition) is 1. The first kappa shape index (κ1) is 27.4. The number of carboxylic acid groups (broad SMARTS) is 1. The topological polar surface area (TPSA) is 55.8 Å². The number of hydrogen-bond acceptors (Lipinski definition) is 3. The predicted molar refractivity (Wildman–Crippen MR) is 118 cm³/mol. The SMILES string of the molecule is CCCCCCCCCCCCCCCCCCOC(C)C(OCC)C(=O)O. The zero-order valence-electron chi connectivity index (χ0n) is 19.1. The summed E-state index contributed by atoms with van der Waals surface area (Å²) in [6.07, 6.45) is 20.3. The third kappa shape index (κ3) is 17.5. The Bertz CT molecular complexity index is 333. The van der Waals surface area contributed by atoms with Gasteiger partial charge in [0.15, 0.2) is 6.10 Å². The summed E-state index contributed by atoms with van der Waals surface area (Å²) in [5.74, 6) is -0.943. The highest BCUT2D eigenvalue weighted by molar-refractivity contribution is 5.73. The quantitative estimate of drug-likeness (QED) is 0.196. The first-order valence-corrected chi connectivity index (χ1v) is 12.1. The van der Waals surface area contributed by atoms with Crippen LogP contribution < -0.4 is 0 Å². The van der Waals surface area contributed by atoms with E-state index < -0.39 is 18.2 Å². The fourth-order valence-electron chi connectivity index (χ4n) is 3.59. The average molecular weight is 401 g/mol. The summed E-state index contributed by atoms with van der Waals surface area (Å²) in [6, 6.07) is 0. The van der Waals surface area contributed by atoms with Gasteiger partial charge in [0.2, 0.25) is 0 Å². The van der Waals surface area contributed by atoms with Gasteiger partial charge in [0.1, 0.15) is 0 Å². The molecule has 0 radical (unpaired) electrons. The molecule has 0 saturated heterocycles. The van der Waals surface area contributed by atoms with Gasteiger partial charge in [0.25, 0.3) is 0 Å². The van der Waals surface area contributed by atoms with Gasteiger partial charge in [-0.25, -0.2) is 4.79 Å². The van der Waals surface area contributed by atoms with Crippen LogP contribution in [0.4, 0.5) is 0 Å². The van der Waals surface area contributed by atoms with Crippen molar-refractivity contribution in [2.45, 2.75) is 136 Å². The summed E-state index contributed by atoms with van der Waals surface area (Å²) in [6.45, 7) is 6.87. The number of carboxylic acids is 1. The van der Waals surface area contributed by atoms with Gasteiger partial charge in [-0.3, -0.25) is 0 Å². The van der Waals surface area contributed by atoms with Gasteiger partial charge in [-0.2, -0.15) is 0 Å². The Hall–Kier alpha value is -0.610. The van der Waals surface area contributed by atoms with Crippen molar-refractivity contribution in [2.75, 3.05) is 13.2 Å². The van der Waals surface area contributed by atoms with Gasteiger partial charge in [0, 0.05) is 13.2 Å². The minimum atomic E-state index is -0.943. The minimum Gasteiger partial charge on any atom is -0.479 e. The Morgan fingerprint density at radius 3 is 1.43 bits per heavy atom. The number of ether oxygens (including phenoxy) is 2. The van der Waals surface area contributed by atoms with Crippen LogP contribution in [0.1, 0.15) is 124 Å². The maximum Gasteiger partial charge on any atom is 0.335 e. The molecule has 0 aliphatic rings. The molecular formula is C24H48O4. The van der Waals surface area contributed by atoms with E-state index in [-0.39, 0.29) is 0 Å². The third-order valence-electron chi connectivity index (χ3n) is 5.39. The van der Waals surface area contributed by atoms with Crippen LogP contribution in [0.2, 0.25) is 0 Å². The zero-order chi connectivity index (χ0) is 20.9. The molecular weight excluding hydrogens is 352 g/mol. The van der Waals surface area contributed by atoms with Gasteiger partial charge in [-0.1, -0.05) is 103 Å². The monoisotopic (exact) mass is 400 g/mol. The molecule has 0 heterocycles. The lowest BCUT2D eigenvalue weighted by Crippen LogP contribution is -2.36. The van der Waals surface area contributed by atoms with Crippen molar-refractivity contribution >= 4 is 5.97 Å². The first-order valence-electron chi connectivity index (χ1n) is 12.1. The molecule has 0 bridgehead atoms. The van der Waals surface area contributed by atoms with Gasteiger partial charge in [-0.05, 0) is 20.3 Å². The first-order chi connectivity index (χ1) is 13.6. The Labute approximate surface area is 174 Å². The summed E-state index contributed by atoms with van der Waals surface area (Å²) in [5.41, 5.74) is 0. The van der Waals surface area contributed by atoms with Crippen molar-refractivity contribution in [3.8, 4) is 0 Å². The van der Waals surface area contributed by atoms with E-state index in [2.05, 4.69) is 6.92 Å². The fourth-order valence-corrected chi connectivity index (χ4v) is 3.59. The van der Waals surface area contributed by atoms with E-state index >= 15 is 0 Å². The van der Waals surface area contributed by atoms with E-state index in [0.29, 0.717) is 13.2 Å². The van der Waals surface area contributed by atoms with Crippen LogP contribution in [0.3, 0.4) is 0 Å². The molecule has 0 spiro atoms. The molecule has 168 valence electrons. The molecule has 0 amide bonds. The molecule has 0 saturated carbocycles. The Morgan fingerprint density at radius 1 is 0.679 bits per heavy atom. The second kappa shape index (κ2) is 21.1. The van der Waals surface area contributed by atoms with Crippen LogP contribution in [0.15, 0.2) is 0 Å². The predicted octanol–water partition coefficient (Wildman–Crippen LogP) is 7.14. The van der Waals surface area contributed by atoms with Gasteiger partial charge in [0.05, 0.1) is 6.10 Å². The largest absolute Gasteiger partial charge is 0.479 e. The average Bonchev–Trinajstić information content (AvgIpc) is 2.68. The smallest absolute Gasteiger partial charge is 0.335 e. The van der Waals surface area contributed by atoms with E-state index in [0.717, 1.165) is 12.8 Å². The summed E-state index contributed by atoms with van der Waals surface area (Å²) in [5, 5.41) is 9.11. The zero-order valence-corrected chi connectivity index (χ0v) is 19.1. The third-order valence-corrected chi connectivity index (χ3v) is 5.39. The van der Waals surface area contributed by atoms with Crippen molar-refractivity contribution in [2.24, 2.45) is 0 Å². The molecule has 4 nitrogen and oxygen atoms in total. The molecule has 28 heavy (non-hydrogen) atoms. The highest BCUT2D eigenvalue weighted by Gasteiger charge is 2.25. The van der Waals surface area contributed by atoms with Crippen molar-refractivity contribution in [1.82, 2.24) is 0 Å². The van der Waals surface area contributed by atoms with Crippen LogP contribution in [0.25, 0.3) is 0 Å². The number of unbranched alkanes of at least 4 members (excludes halogenated alkanes) is 15. The highest BCUT2D eigenvalue weighted by atomic mass is 16.6. The fraction of sp³-hybridized carbons (Fsp3) is 0.958. The number of rotatable bonds is 22. The summed E-state index contributed by atoms with van der Waals surface area (Å²) in [4.78, 5) is 11.1. The van der Waals surface area contributed by atoms with Crippen molar-refractivity contribution in [3.63, 3.8) is 0 Å². The molecule has 1 N–H and O–H groups in total. The molecule has 2 unspecified atom stereocenters. The lowest BCUT2D eigenvalue weighted by atomic mass is 10.0. The van der Waals surface area contributed by atoms with Crippen molar-refractivity contribution in [1.29, 1.82) is 0 Å². The maximum atomic E-state index is 11.1. The van der Waals surface area contributed by atoms with E-state index in [1.807, 2.05) is 0 Å². The second-order valence-corrected chi connectivity index (χ2v) is 8.09. The molecule has 0 fully saturated rings. The summed E-state index contributed by atoms with van der Waals surface area (Å²) in [7, 11) is 0. The van der Waals surface area contributed by atoms with Crippen LogP contribution >= 0.6 is 0 Å². The molecule has 0 aromatic heterocycles. The highest BCUT2D eigenvalue weighted by Crippen LogP contribution is 2.14. The Kier molecular flexibility index (Phi) is 20.6. The van der Waals surface area contributed by atoms with Crippen LogP contribution in [-0.4, -0.2) is 36.5 Å². The Morgan fingerprint density at radius 2 is 1.07 bits per heavy atom. The van der Waals surface area contributed by atoms with E-state index in [4.69, 9.17) is 14.6 Å². The molecule has 0 aliphatic heterocycles. The van der Waals surface area contributed by atoms with Gasteiger partial charge < -0.3 is 14.6 Å². The molecule has 0 aromatic carbocycles. The van der Waals surface area contributed by atoms with Crippen molar-refractivity contribution in [3.05, 3.63) is 0 Å². The molecule has 0 rings (SSSR count). The lowest BCUT2D eigenvalue weighted by Gasteiger charge is -2.20. The van der Waals surface area contributed by atoms with E-state index in [9.17, 15) is 4.79 Å². The van der Waals surface area contributed by atoms with Crippen LogP contribution in [0, 0.1) is 0 Å². The molecule has 2 atom stereocenters. The normalized spacial score (nSPS) is 13.5. The van der Waals surface area contributed by atoms with Crippen LogP contribution in [-0.2, 0) is 14.3 Å². The molecule has 0 aliphatic carbocycles. The number of carbonyl (C=O) groups is 1. The van der Waals surface area contributed by atoms with Gasteiger partial charge in [-0.15, -0.1) is 0 Å². The Balaban J connectivity index is 3.28. The standard InChI is InChI=1S/C24H48O4/c1-4-6-7-8-9-10-11-12-13-14-15-16-17-18-19-20-21-28-22(3)23(24(25)26)27-5-2/h22-23H,4-21H2,1-3H3,(H,25,26). The summed E-state index contributed by atoms with van der Waals surface area (Å²) >= 11 is 0. The maximum absolute atomic E-state index is 11.1. The lowest BCUT2D eigenvalue weighted by molar-refractivity contribution is -0.160. The minimum absolute atomic E-state index is 0.393. The van der Waals surface area contributed by atoms with Gasteiger partial charge >= 0.3 is 5.97 Å². The van der Waals surface area contributed by atoms with Crippen LogP contribution in [0.5, 0.6) is 0 Å². The van der Waals surface area contributed by atoms with E-state index in [1.165, 1.54) is 89.9 Å². The summed E-state index contributed by atoms with van der Waals surface area (Å²) < 4.78 is 10.9. The number of aliphatic carboxylic acids is 1. The second-order valence-electron chi connectivity index (χ2n) is 8.09. The van der Waals surface area contributed by atoms with Crippen molar-refractivity contribution < 1.29 is 19.4 Å². The van der Waals surface area contributed by atoms with E-state index in [1.54, 1.807) is 13.8 Å².